The van der Waals surface area contributed by atoms with Crippen molar-refractivity contribution in [3.63, 3.8) is 0 Å². The van der Waals surface area contributed by atoms with Crippen molar-refractivity contribution < 1.29 is 14.6 Å². The van der Waals surface area contributed by atoms with Gasteiger partial charge < -0.3 is 15.2 Å². The topological polar surface area (TPSA) is 58.6 Å². The molecule has 4 nitrogen and oxygen atoms in total. The molecule has 0 aromatic rings. The number of hydrogen-bond acceptors (Lipinski definition) is 3. The Morgan fingerprint density at radius 3 is 2.80 bits per heavy atom. The number of carboxylic acids is 1. The van der Waals surface area contributed by atoms with Crippen molar-refractivity contribution >= 4 is 5.97 Å². The molecule has 0 aromatic carbocycles. The van der Waals surface area contributed by atoms with Crippen molar-refractivity contribution in [3.05, 3.63) is 0 Å². The highest BCUT2D eigenvalue weighted by atomic mass is 16.5. The predicted octanol–water partition coefficient (Wildman–Crippen LogP) is -0.552. The van der Waals surface area contributed by atoms with E-state index < -0.39 is 12.1 Å². The van der Waals surface area contributed by atoms with Gasteiger partial charge in [0.25, 0.3) is 0 Å². The summed E-state index contributed by atoms with van der Waals surface area (Å²) in [4.78, 5) is 10.3. The van der Waals surface area contributed by atoms with Crippen LogP contribution in [0.2, 0.25) is 0 Å². The lowest BCUT2D eigenvalue weighted by molar-refractivity contribution is -0.156. The van der Waals surface area contributed by atoms with Crippen LogP contribution in [0.5, 0.6) is 0 Å². The van der Waals surface area contributed by atoms with Crippen LogP contribution in [0.15, 0.2) is 0 Å². The molecule has 10 heavy (non-hydrogen) atoms. The van der Waals surface area contributed by atoms with Crippen LogP contribution in [0.1, 0.15) is 6.92 Å². The van der Waals surface area contributed by atoms with Gasteiger partial charge >= 0.3 is 5.97 Å². The molecule has 0 amide bonds. The van der Waals surface area contributed by atoms with Gasteiger partial charge in [0.1, 0.15) is 0 Å². The van der Waals surface area contributed by atoms with Gasteiger partial charge in [-0.1, -0.05) is 0 Å². The summed E-state index contributed by atoms with van der Waals surface area (Å²) in [6.45, 7) is 3.01. The van der Waals surface area contributed by atoms with Crippen LogP contribution in [0, 0.1) is 0 Å². The third-order valence-corrected chi connectivity index (χ3v) is 1.43. The number of ether oxygens (including phenoxy) is 1. The Balaban J connectivity index is 2.39. The van der Waals surface area contributed by atoms with E-state index in [4.69, 9.17) is 9.84 Å². The van der Waals surface area contributed by atoms with Gasteiger partial charge in [-0.25, -0.2) is 4.79 Å². The zero-order chi connectivity index (χ0) is 7.56. The fraction of sp³-hybridized carbons (Fsp3) is 0.833. The minimum atomic E-state index is -0.890. The molecule has 2 N–H and O–H groups in total. The largest absolute Gasteiger partial charge is 0.479 e. The quantitative estimate of drug-likeness (QED) is 0.519. The van der Waals surface area contributed by atoms with E-state index in [9.17, 15) is 4.79 Å². The molecule has 1 fully saturated rings. The summed E-state index contributed by atoms with van der Waals surface area (Å²) in [5, 5.41) is 11.5. The minimum Gasteiger partial charge on any atom is -0.479 e. The first kappa shape index (κ1) is 7.50. The summed E-state index contributed by atoms with van der Waals surface area (Å²) in [5.41, 5.74) is 0. The molecular weight excluding hydrogens is 134 g/mol. The fourth-order valence-electron chi connectivity index (χ4n) is 0.940. The molecule has 1 aliphatic rings. The van der Waals surface area contributed by atoms with E-state index in [0.29, 0.717) is 6.54 Å². The average molecular weight is 145 g/mol. The van der Waals surface area contributed by atoms with Crippen LogP contribution in [-0.4, -0.2) is 36.4 Å². The van der Waals surface area contributed by atoms with Gasteiger partial charge in [0, 0.05) is 13.1 Å². The van der Waals surface area contributed by atoms with Gasteiger partial charge in [0.2, 0.25) is 0 Å². The minimum absolute atomic E-state index is 0.00912. The number of nitrogens with one attached hydrogen (secondary N) is 1. The Morgan fingerprint density at radius 1 is 1.70 bits per heavy atom. The standard InChI is InChI=1S/C6H11NO3/c1-4-2-7-3-5(10-4)6(8)9/h4-5,7H,2-3H2,1H3,(H,8,9)/t4?,5-/m1/s1. The summed E-state index contributed by atoms with van der Waals surface area (Å²) in [7, 11) is 0. The molecule has 4 heteroatoms. The molecule has 58 valence electrons. The molecule has 2 atom stereocenters. The molecule has 1 aliphatic heterocycles. The number of morpholine rings is 1. The molecule has 0 aromatic heterocycles. The van der Waals surface area contributed by atoms with Crippen molar-refractivity contribution in [3.8, 4) is 0 Å². The predicted molar refractivity (Wildman–Crippen MR) is 34.8 cm³/mol. The zero-order valence-electron chi connectivity index (χ0n) is 5.83. The van der Waals surface area contributed by atoms with Gasteiger partial charge in [0.05, 0.1) is 6.10 Å². The molecule has 0 bridgehead atoms. The molecule has 1 saturated heterocycles. The molecule has 1 unspecified atom stereocenters. The Morgan fingerprint density at radius 2 is 2.40 bits per heavy atom. The Hall–Kier alpha value is -0.610. The van der Waals surface area contributed by atoms with Gasteiger partial charge in [0.15, 0.2) is 6.10 Å². The molecule has 0 radical (unpaired) electrons. The number of carbonyl (C=O) groups is 1. The highest BCUT2D eigenvalue weighted by Crippen LogP contribution is 2.02. The van der Waals surface area contributed by atoms with Crippen molar-refractivity contribution in [2.75, 3.05) is 13.1 Å². The van der Waals surface area contributed by atoms with Crippen LogP contribution in [-0.2, 0) is 9.53 Å². The third-order valence-electron chi connectivity index (χ3n) is 1.43. The van der Waals surface area contributed by atoms with E-state index in [1.54, 1.807) is 0 Å². The number of rotatable bonds is 1. The highest BCUT2D eigenvalue weighted by Gasteiger charge is 2.24. The maximum Gasteiger partial charge on any atom is 0.334 e. The van der Waals surface area contributed by atoms with Gasteiger partial charge in [-0.15, -0.1) is 0 Å². The van der Waals surface area contributed by atoms with E-state index in [1.807, 2.05) is 6.92 Å². The first-order valence-corrected chi connectivity index (χ1v) is 3.29. The Labute approximate surface area is 59.2 Å². The lowest BCUT2D eigenvalue weighted by Crippen LogP contribution is -2.46. The molecule has 0 aliphatic carbocycles. The van der Waals surface area contributed by atoms with Crippen LogP contribution in [0.25, 0.3) is 0 Å². The van der Waals surface area contributed by atoms with Crippen LogP contribution in [0.3, 0.4) is 0 Å². The highest BCUT2D eigenvalue weighted by molar-refractivity contribution is 5.72. The monoisotopic (exact) mass is 145 g/mol. The molecule has 0 spiro atoms. The van der Waals surface area contributed by atoms with E-state index >= 15 is 0 Å². The van der Waals surface area contributed by atoms with Crippen molar-refractivity contribution in [1.82, 2.24) is 5.32 Å². The summed E-state index contributed by atoms with van der Waals surface area (Å²) in [6.07, 6.45) is -0.654. The summed E-state index contributed by atoms with van der Waals surface area (Å²) in [6, 6.07) is 0. The average Bonchev–Trinajstić information content (AvgIpc) is 1.88. The lowest BCUT2D eigenvalue weighted by Gasteiger charge is -2.25. The normalized spacial score (nSPS) is 33.7. The Bertz CT molecular complexity index is 137. The molecule has 1 heterocycles. The number of hydrogen-bond donors (Lipinski definition) is 2. The van der Waals surface area contributed by atoms with Crippen LogP contribution < -0.4 is 5.32 Å². The SMILES string of the molecule is CC1CNC[C@H](C(=O)O)O1. The second-order valence-corrected chi connectivity index (χ2v) is 2.43. The van der Waals surface area contributed by atoms with Gasteiger partial charge in [-0.05, 0) is 6.92 Å². The van der Waals surface area contributed by atoms with E-state index in [2.05, 4.69) is 5.32 Å². The second kappa shape index (κ2) is 2.98. The van der Waals surface area contributed by atoms with E-state index in [-0.39, 0.29) is 6.10 Å². The van der Waals surface area contributed by atoms with Crippen molar-refractivity contribution in [1.29, 1.82) is 0 Å². The zero-order valence-corrected chi connectivity index (χ0v) is 5.83. The summed E-state index contributed by atoms with van der Waals surface area (Å²) in [5.74, 6) is -0.890. The number of carboxylic acid groups (broad SMARTS) is 1. The molecule has 1 rings (SSSR count). The summed E-state index contributed by atoms with van der Waals surface area (Å²) < 4.78 is 5.09. The molecular formula is C6H11NO3. The fourth-order valence-corrected chi connectivity index (χ4v) is 0.940. The van der Waals surface area contributed by atoms with Gasteiger partial charge in [-0.2, -0.15) is 0 Å². The van der Waals surface area contributed by atoms with E-state index in [0.717, 1.165) is 6.54 Å². The lowest BCUT2D eigenvalue weighted by atomic mass is 10.2. The molecule has 0 saturated carbocycles. The van der Waals surface area contributed by atoms with Crippen LogP contribution >= 0.6 is 0 Å². The van der Waals surface area contributed by atoms with E-state index in [1.165, 1.54) is 0 Å². The van der Waals surface area contributed by atoms with Crippen LogP contribution in [0.4, 0.5) is 0 Å². The first-order chi connectivity index (χ1) is 4.70. The smallest absolute Gasteiger partial charge is 0.334 e. The maximum absolute atomic E-state index is 10.3. The Kier molecular flexibility index (Phi) is 2.24. The second-order valence-electron chi connectivity index (χ2n) is 2.43. The number of aliphatic carboxylic acids is 1. The van der Waals surface area contributed by atoms with Crippen molar-refractivity contribution in [2.24, 2.45) is 0 Å². The maximum atomic E-state index is 10.3. The first-order valence-electron chi connectivity index (χ1n) is 3.29. The summed E-state index contributed by atoms with van der Waals surface area (Å²) >= 11 is 0. The van der Waals surface area contributed by atoms with Gasteiger partial charge in [-0.3, -0.25) is 0 Å². The van der Waals surface area contributed by atoms with Crippen molar-refractivity contribution in [2.45, 2.75) is 19.1 Å². The third kappa shape index (κ3) is 1.68.